The van der Waals surface area contributed by atoms with Crippen molar-refractivity contribution in [1.29, 1.82) is 0 Å². The van der Waals surface area contributed by atoms with Gasteiger partial charge in [-0.3, -0.25) is 9.59 Å². The Morgan fingerprint density at radius 2 is 2.12 bits per heavy atom. The van der Waals surface area contributed by atoms with Gasteiger partial charge in [0.15, 0.2) is 0 Å². The van der Waals surface area contributed by atoms with E-state index in [1.165, 1.54) is 24.2 Å². The SMILES string of the molecule is O=C(CC[C@H]1Cc2ccccc2NC1=O)Nc1nnc(C2CC2)s1. The first-order valence-corrected chi connectivity index (χ1v) is 9.03. The van der Waals surface area contributed by atoms with Crippen molar-refractivity contribution in [2.75, 3.05) is 10.6 Å². The van der Waals surface area contributed by atoms with Gasteiger partial charge >= 0.3 is 0 Å². The van der Waals surface area contributed by atoms with Crippen LogP contribution in [0.4, 0.5) is 10.8 Å². The largest absolute Gasteiger partial charge is 0.326 e. The minimum absolute atomic E-state index is 0.00608. The lowest BCUT2D eigenvalue weighted by molar-refractivity contribution is -0.121. The first-order valence-electron chi connectivity index (χ1n) is 8.21. The van der Waals surface area contributed by atoms with Crippen molar-refractivity contribution < 1.29 is 9.59 Å². The topological polar surface area (TPSA) is 84.0 Å². The second-order valence-corrected chi connectivity index (χ2v) is 7.36. The Bertz CT molecular complexity index is 784. The van der Waals surface area contributed by atoms with Crippen LogP contribution in [-0.2, 0) is 16.0 Å². The first-order chi connectivity index (χ1) is 11.7. The zero-order chi connectivity index (χ0) is 16.5. The molecule has 1 aromatic carbocycles. The molecule has 124 valence electrons. The van der Waals surface area contributed by atoms with Gasteiger partial charge in [-0.1, -0.05) is 29.5 Å². The number of fused-ring (bicyclic) bond motifs is 1. The highest BCUT2D eigenvalue weighted by atomic mass is 32.1. The number of aromatic nitrogens is 2. The van der Waals surface area contributed by atoms with Crippen LogP contribution < -0.4 is 10.6 Å². The van der Waals surface area contributed by atoms with E-state index in [1.807, 2.05) is 24.3 Å². The van der Waals surface area contributed by atoms with Crippen molar-refractivity contribution in [1.82, 2.24) is 10.2 Å². The molecule has 7 heteroatoms. The number of rotatable bonds is 5. The molecular weight excluding hydrogens is 324 g/mol. The summed E-state index contributed by atoms with van der Waals surface area (Å²) in [6.07, 6.45) is 3.85. The zero-order valence-electron chi connectivity index (χ0n) is 13.1. The van der Waals surface area contributed by atoms with Gasteiger partial charge < -0.3 is 10.6 Å². The fourth-order valence-corrected chi connectivity index (χ4v) is 3.84. The van der Waals surface area contributed by atoms with E-state index in [0.29, 0.717) is 30.3 Å². The molecule has 1 aliphatic carbocycles. The summed E-state index contributed by atoms with van der Waals surface area (Å²) >= 11 is 1.45. The van der Waals surface area contributed by atoms with E-state index in [0.717, 1.165) is 16.3 Å². The van der Waals surface area contributed by atoms with Crippen molar-refractivity contribution in [3.8, 4) is 0 Å². The molecule has 2 aromatic rings. The predicted octanol–water partition coefficient (Wildman–Crippen LogP) is 2.95. The molecule has 0 radical (unpaired) electrons. The van der Waals surface area contributed by atoms with Crippen LogP contribution in [0.2, 0.25) is 0 Å². The van der Waals surface area contributed by atoms with Crippen molar-refractivity contribution >= 4 is 34.0 Å². The van der Waals surface area contributed by atoms with Gasteiger partial charge in [-0.2, -0.15) is 0 Å². The molecule has 2 heterocycles. The number of amides is 2. The summed E-state index contributed by atoms with van der Waals surface area (Å²) in [6.45, 7) is 0. The van der Waals surface area contributed by atoms with E-state index >= 15 is 0 Å². The lowest BCUT2D eigenvalue weighted by atomic mass is 9.89. The zero-order valence-corrected chi connectivity index (χ0v) is 13.9. The third-order valence-electron chi connectivity index (χ3n) is 4.45. The van der Waals surface area contributed by atoms with Crippen LogP contribution in [0.5, 0.6) is 0 Å². The van der Waals surface area contributed by atoms with Crippen LogP contribution in [0, 0.1) is 5.92 Å². The lowest BCUT2D eigenvalue weighted by Crippen LogP contribution is -2.30. The van der Waals surface area contributed by atoms with Gasteiger partial charge in [0, 0.05) is 23.9 Å². The van der Waals surface area contributed by atoms with Crippen LogP contribution in [0.15, 0.2) is 24.3 Å². The smallest absolute Gasteiger partial charge is 0.227 e. The van der Waals surface area contributed by atoms with Crippen LogP contribution in [-0.4, -0.2) is 22.0 Å². The molecule has 0 spiro atoms. The second-order valence-electron chi connectivity index (χ2n) is 6.35. The van der Waals surface area contributed by atoms with Crippen molar-refractivity contribution in [2.45, 2.75) is 38.0 Å². The van der Waals surface area contributed by atoms with Crippen LogP contribution in [0.25, 0.3) is 0 Å². The number of benzene rings is 1. The number of anilines is 2. The van der Waals surface area contributed by atoms with E-state index < -0.39 is 0 Å². The van der Waals surface area contributed by atoms with E-state index in [2.05, 4.69) is 20.8 Å². The Morgan fingerprint density at radius 3 is 2.96 bits per heavy atom. The maximum atomic E-state index is 12.1. The summed E-state index contributed by atoms with van der Waals surface area (Å²) in [5.41, 5.74) is 2.00. The third kappa shape index (κ3) is 3.31. The molecule has 2 aliphatic rings. The second kappa shape index (κ2) is 6.32. The van der Waals surface area contributed by atoms with Gasteiger partial charge in [0.25, 0.3) is 0 Å². The molecule has 4 rings (SSSR count). The molecule has 6 nitrogen and oxygen atoms in total. The Hall–Kier alpha value is -2.28. The Morgan fingerprint density at radius 1 is 1.29 bits per heavy atom. The maximum absolute atomic E-state index is 12.1. The number of nitrogens with one attached hydrogen (secondary N) is 2. The molecule has 24 heavy (non-hydrogen) atoms. The molecule has 2 amide bonds. The number of para-hydroxylation sites is 1. The summed E-state index contributed by atoms with van der Waals surface area (Å²) in [6, 6.07) is 7.80. The third-order valence-corrected chi connectivity index (χ3v) is 5.45. The maximum Gasteiger partial charge on any atom is 0.227 e. The van der Waals surface area contributed by atoms with Gasteiger partial charge in [0.1, 0.15) is 5.01 Å². The van der Waals surface area contributed by atoms with Gasteiger partial charge in [0.2, 0.25) is 16.9 Å². The monoisotopic (exact) mass is 342 g/mol. The molecular formula is C17H18N4O2S. The molecule has 0 unspecified atom stereocenters. The van der Waals surface area contributed by atoms with Gasteiger partial charge in [-0.25, -0.2) is 0 Å². The van der Waals surface area contributed by atoms with Crippen LogP contribution in [0.1, 0.15) is 42.2 Å². The number of nitrogens with zero attached hydrogens (tertiary/aromatic N) is 2. The highest BCUT2D eigenvalue weighted by Crippen LogP contribution is 2.42. The summed E-state index contributed by atoms with van der Waals surface area (Å²) in [5.74, 6) is 0.259. The van der Waals surface area contributed by atoms with Gasteiger partial charge in [-0.15, -0.1) is 10.2 Å². The minimum atomic E-state index is -0.165. The Kier molecular flexibility index (Phi) is 4.02. The average molecular weight is 342 g/mol. The van der Waals surface area contributed by atoms with Gasteiger partial charge in [-0.05, 0) is 37.3 Å². The standard InChI is InChI=1S/C17H18N4O2S/c22-14(19-17-21-20-16(24-17)10-5-6-10)8-7-12-9-11-3-1-2-4-13(11)18-15(12)23/h1-4,10,12H,5-9H2,(H,18,23)(H,19,21,22)/t12-/m0/s1. The van der Waals surface area contributed by atoms with E-state index in [4.69, 9.17) is 0 Å². The quantitative estimate of drug-likeness (QED) is 0.875. The van der Waals surface area contributed by atoms with Gasteiger partial charge in [0.05, 0.1) is 0 Å². The van der Waals surface area contributed by atoms with E-state index in [9.17, 15) is 9.59 Å². The minimum Gasteiger partial charge on any atom is -0.326 e. The lowest BCUT2D eigenvalue weighted by Gasteiger charge is -2.24. The highest BCUT2D eigenvalue weighted by Gasteiger charge is 2.28. The molecule has 2 N–H and O–H groups in total. The number of hydrogen-bond donors (Lipinski definition) is 2. The predicted molar refractivity (Wildman–Crippen MR) is 92.0 cm³/mol. The van der Waals surface area contributed by atoms with Crippen LogP contribution >= 0.6 is 11.3 Å². The number of hydrogen-bond acceptors (Lipinski definition) is 5. The number of carbonyl (C=O) groups excluding carboxylic acids is 2. The molecule has 0 saturated heterocycles. The summed E-state index contributed by atoms with van der Waals surface area (Å²) < 4.78 is 0. The first kappa shape index (κ1) is 15.3. The normalized spacial score (nSPS) is 19.5. The summed E-state index contributed by atoms with van der Waals surface area (Å²) in [5, 5.41) is 15.4. The van der Waals surface area contributed by atoms with Crippen molar-refractivity contribution in [3.63, 3.8) is 0 Å². The molecule has 1 fully saturated rings. The fourth-order valence-electron chi connectivity index (χ4n) is 2.91. The van der Waals surface area contributed by atoms with Crippen molar-refractivity contribution in [2.24, 2.45) is 5.92 Å². The Labute approximate surface area is 143 Å². The molecule has 1 saturated carbocycles. The molecule has 0 bridgehead atoms. The van der Waals surface area contributed by atoms with E-state index in [1.54, 1.807) is 0 Å². The summed E-state index contributed by atoms with van der Waals surface area (Å²) in [7, 11) is 0. The fraction of sp³-hybridized carbons (Fsp3) is 0.412. The summed E-state index contributed by atoms with van der Waals surface area (Å²) in [4.78, 5) is 24.2. The number of carbonyl (C=O) groups is 2. The van der Waals surface area contributed by atoms with Crippen molar-refractivity contribution in [3.05, 3.63) is 34.8 Å². The highest BCUT2D eigenvalue weighted by molar-refractivity contribution is 7.15. The van der Waals surface area contributed by atoms with E-state index in [-0.39, 0.29) is 17.7 Å². The molecule has 1 aromatic heterocycles. The van der Waals surface area contributed by atoms with Crippen LogP contribution in [0.3, 0.4) is 0 Å². The molecule has 1 atom stereocenters. The molecule has 1 aliphatic heterocycles. The average Bonchev–Trinajstić information content (AvgIpc) is 3.33. The Balaban J connectivity index is 1.31.